The van der Waals surface area contributed by atoms with Crippen LogP contribution in [0.5, 0.6) is 11.5 Å². The number of hydrogen-bond donors (Lipinski definition) is 2. The summed E-state index contributed by atoms with van der Waals surface area (Å²) in [5, 5.41) is 5.73. The van der Waals surface area contributed by atoms with E-state index in [9.17, 15) is 19.2 Å². The van der Waals surface area contributed by atoms with E-state index in [1.54, 1.807) is 93.9 Å². The van der Waals surface area contributed by atoms with E-state index >= 15 is 0 Å². The minimum Gasteiger partial charge on any atom is -0.497 e. The maximum Gasteiger partial charge on any atom is 0.270 e. The maximum absolute atomic E-state index is 13.0. The zero-order chi connectivity index (χ0) is 35.2. The minimum atomic E-state index is -0.584. The molecule has 2 fully saturated rings. The van der Waals surface area contributed by atoms with Crippen molar-refractivity contribution in [3.63, 3.8) is 0 Å². The number of methoxy groups -OCH3 is 2. The lowest BCUT2D eigenvalue weighted by Crippen LogP contribution is -2.54. The molecule has 0 spiro atoms. The number of amides is 4. The Balaban J connectivity index is 0.000000212. The lowest BCUT2D eigenvalue weighted by Gasteiger charge is -2.28. The molecular formula is C35H27ClN4O7S2. The van der Waals surface area contributed by atoms with Crippen molar-refractivity contribution in [1.29, 1.82) is 0 Å². The van der Waals surface area contributed by atoms with Gasteiger partial charge in [-0.2, -0.15) is 0 Å². The number of carbonyl (C=O) groups excluding carboxylic acids is 4. The summed E-state index contributed by atoms with van der Waals surface area (Å²) >= 11 is 16.2. The summed E-state index contributed by atoms with van der Waals surface area (Å²) in [5.41, 5.74) is 1.90. The van der Waals surface area contributed by atoms with Crippen molar-refractivity contribution in [3.05, 3.63) is 113 Å². The van der Waals surface area contributed by atoms with Gasteiger partial charge in [-0.25, -0.2) is 0 Å². The third-order valence-electron chi connectivity index (χ3n) is 7.20. The average Bonchev–Trinajstić information content (AvgIpc) is 3.56. The third kappa shape index (κ3) is 7.59. The van der Waals surface area contributed by atoms with E-state index in [0.29, 0.717) is 39.4 Å². The molecular weight excluding hydrogens is 688 g/mol. The predicted octanol–water partition coefficient (Wildman–Crippen LogP) is 5.83. The monoisotopic (exact) mass is 714 g/mol. The number of benzene rings is 3. The summed E-state index contributed by atoms with van der Waals surface area (Å²) in [7, 11) is 3.11. The Morgan fingerprint density at radius 1 is 0.673 bits per heavy atom. The molecule has 2 aliphatic heterocycles. The Kier molecular flexibility index (Phi) is 10.7. The van der Waals surface area contributed by atoms with Crippen LogP contribution >= 0.6 is 36.0 Å². The van der Waals surface area contributed by atoms with Crippen LogP contribution in [0.25, 0.3) is 17.4 Å². The number of allylic oxidation sites excluding steroid dienone is 1. The minimum absolute atomic E-state index is 0.00798. The summed E-state index contributed by atoms with van der Waals surface area (Å²) in [6.45, 7) is 1.63. The Hall–Kier alpha value is -5.63. The normalized spacial score (nSPS) is 16.3. The van der Waals surface area contributed by atoms with Gasteiger partial charge in [0.25, 0.3) is 23.6 Å². The molecule has 1 aromatic heterocycles. The van der Waals surface area contributed by atoms with Gasteiger partial charge in [0.05, 0.1) is 25.6 Å². The van der Waals surface area contributed by atoms with E-state index in [1.807, 2.05) is 12.1 Å². The number of nitrogens with zero attached hydrogens (tertiary/aromatic N) is 2. The lowest BCUT2D eigenvalue weighted by atomic mass is 10.1. The van der Waals surface area contributed by atoms with Crippen LogP contribution in [0.15, 0.2) is 107 Å². The quantitative estimate of drug-likeness (QED) is 0.144. The highest BCUT2D eigenvalue weighted by molar-refractivity contribution is 7.80. The number of hydrogen-bond acceptors (Lipinski definition) is 9. The molecule has 3 aromatic carbocycles. The zero-order valence-electron chi connectivity index (χ0n) is 26.2. The van der Waals surface area contributed by atoms with Crippen LogP contribution in [-0.4, -0.2) is 48.1 Å². The second-order valence-corrected chi connectivity index (χ2v) is 11.4. The first-order valence-corrected chi connectivity index (χ1v) is 15.7. The van der Waals surface area contributed by atoms with E-state index in [4.69, 9.17) is 49.9 Å². The molecule has 11 nitrogen and oxygen atoms in total. The van der Waals surface area contributed by atoms with Gasteiger partial charge in [0, 0.05) is 10.6 Å². The number of thiocarbonyl (C=S) groups is 2. The van der Waals surface area contributed by atoms with Crippen LogP contribution in [-0.2, 0) is 19.2 Å². The smallest absolute Gasteiger partial charge is 0.270 e. The molecule has 14 heteroatoms. The van der Waals surface area contributed by atoms with Gasteiger partial charge in [0.1, 0.15) is 34.2 Å². The molecule has 49 heavy (non-hydrogen) atoms. The fraction of sp³-hybridized carbons (Fsp3) is 0.0857. The zero-order valence-corrected chi connectivity index (χ0v) is 28.6. The summed E-state index contributed by atoms with van der Waals surface area (Å²) in [6, 6.07) is 24.2. The van der Waals surface area contributed by atoms with Crippen LogP contribution in [0.4, 0.5) is 11.4 Å². The van der Waals surface area contributed by atoms with Crippen molar-refractivity contribution in [1.82, 2.24) is 10.6 Å². The Morgan fingerprint density at radius 3 is 1.61 bits per heavy atom. The molecule has 0 atom stereocenters. The first-order chi connectivity index (χ1) is 23.5. The molecule has 2 saturated heterocycles. The number of nitrogens with one attached hydrogen (secondary N) is 2. The Labute approximate surface area is 296 Å². The molecule has 2 N–H and O–H groups in total. The average molecular weight is 715 g/mol. The number of carbonyl (C=O) groups is 4. The summed E-state index contributed by atoms with van der Waals surface area (Å²) in [5.74, 6) is 0.237. The SMILES string of the molecule is C/C=C1/C(=O)NC(=S)N(c2ccc(OC)cc2)C1=O.COc1ccc(N2C(=O)/C(=C\c3ccc(-c4ccc(Cl)cc4)o3)C(=O)NC2=S)cc1. The van der Waals surface area contributed by atoms with Crippen molar-refractivity contribution in [2.24, 2.45) is 0 Å². The van der Waals surface area contributed by atoms with Crippen LogP contribution in [0, 0.1) is 0 Å². The van der Waals surface area contributed by atoms with Gasteiger partial charge >= 0.3 is 0 Å². The van der Waals surface area contributed by atoms with Crippen molar-refractivity contribution in [3.8, 4) is 22.8 Å². The van der Waals surface area contributed by atoms with Gasteiger partial charge < -0.3 is 13.9 Å². The van der Waals surface area contributed by atoms with E-state index in [-0.39, 0.29) is 21.4 Å². The highest BCUT2D eigenvalue weighted by Crippen LogP contribution is 2.28. The molecule has 0 bridgehead atoms. The maximum atomic E-state index is 13.0. The second-order valence-electron chi connectivity index (χ2n) is 10.2. The van der Waals surface area contributed by atoms with Gasteiger partial charge in [-0.1, -0.05) is 17.7 Å². The van der Waals surface area contributed by atoms with E-state index in [2.05, 4.69) is 10.6 Å². The van der Waals surface area contributed by atoms with Gasteiger partial charge in [0.15, 0.2) is 10.2 Å². The topological polar surface area (TPSA) is 130 Å². The van der Waals surface area contributed by atoms with Gasteiger partial charge in [0.2, 0.25) is 0 Å². The largest absolute Gasteiger partial charge is 0.497 e. The molecule has 2 aliphatic rings. The van der Waals surface area contributed by atoms with Gasteiger partial charge in [-0.15, -0.1) is 0 Å². The molecule has 0 aliphatic carbocycles. The number of anilines is 2. The predicted molar refractivity (Wildman–Crippen MR) is 193 cm³/mol. The van der Waals surface area contributed by atoms with Crippen molar-refractivity contribution < 1.29 is 33.1 Å². The fourth-order valence-electron chi connectivity index (χ4n) is 4.72. The molecule has 248 valence electrons. The van der Waals surface area contributed by atoms with E-state index in [1.165, 1.54) is 22.0 Å². The van der Waals surface area contributed by atoms with E-state index < -0.39 is 23.6 Å². The van der Waals surface area contributed by atoms with Crippen LogP contribution in [0.3, 0.4) is 0 Å². The molecule has 0 radical (unpaired) electrons. The van der Waals surface area contributed by atoms with Crippen LogP contribution < -0.4 is 29.9 Å². The third-order valence-corrected chi connectivity index (χ3v) is 8.02. The summed E-state index contributed by atoms with van der Waals surface area (Å²) in [4.78, 5) is 51.8. The van der Waals surface area contributed by atoms with Crippen molar-refractivity contribution >= 4 is 87.3 Å². The number of rotatable bonds is 6. The van der Waals surface area contributed by atoms with Crippen LogP contribution in [0.2, 0.25) is 5.02 Å². The van der Waals surface area contributed by atoms with Gasteiger partial charge in [-0.3, -0.25) is 39.6 Å². The van der Waals surface area contributed by atoms with Crippen molar-refractivity contribution in [2.45, 2.75) is 6.92 Å². The Morgan fingerprint density at radius 2 is 1.14 bits per heavy atom. The number of ether oxygens (including phenoxy) is 2. The lowest BCUT2D eigenvalue weighted by molar-refractivity contribution is -0.123. The first-order valence-electron chi connectivity index (χ1n) is 14.5. The highest BCUT2D eigenvalue weighted by Gasteiger charge is 2.35. The molecule has 0 saturated carbocycles. The molecule has 0 unspecified atom stereocenters. The molecule has 6 rings (SSSR count). The van der Waals surface area contributed by atoms with Crippen LogP contribution in [0.1, 0.15) is 12.7 Å². The number of halogens is 1. The van der Waals surface area contributed by atoms with Crippen molar-refractivity contribution in [2.75, 3.05) is 24.0 Å². The summed E-state index contributed by atoms with van der Waals surface area (Å²) in [6.07, 6.45) is 2.87. The number of furan rings is 1. The molecule has 3 heterocycles. The standard InChI is InChI=1S/C22H15ClN2O4S.C13H12N2O3S/c1-28-16-8-6-15(7-9-16)25-21(27)18(20(26)24-22(25)30)12-17-10-11-19(29-17)13-2-4-14(23)5-3-13;1-3-10-11(16)14-13(19)15(12(10)17)8-4-6-9(18-2)7-5-8/h2-12H,1H3,(H,24,26,30);3-7H,1-2H3,(H,14,16,19)/b18-12-;10-3-. The molecule has 4 aromatic rings. The highest BCUT2D eigenvalue weighted by atomic mass is 35.5. The summed E-state index contributed by atoms with van der Waals surface area (Å²) < 4.78 is 16.0. The first kappa shape index (κ1) is 34.7. The van der Waals surface area contributed by atoms with E-state index in [0.717, 1.165) is 5.56 Å². The van der Waals surface area contributed by atoms with Gasteiger partial charge in [-0.05, 0) is 122 Å². The fourth-order valence-corrected chi connectivity index (χ4v) is 5.40. The molecule has 4 amide bonds. The second kappa shape index (κ2) is 15.1. The Bertz CT molecular complexity index is 2020.